The Balaban J connectivity index is 2.63. The number of rotatable bonds is 2. The van der Waals surface area contributed by atoms with Gasteiger partial charge < -0.3 is 5.73 Å². The number of benzene rings is 1. The zero-order valence-electron chi connectivity index (χ0n) is 11.0. The zero-order valence-corrected chi connectivity index (χ0v) is 11.8. The van der Waals surface area contributed by atoms with Crippen LogP contribution < -0.4 is 5.73 Å². The molecule has 0 fully saturated rings. The second-order valence-electron chi connectivity index (χ2n) is 4.72. The molecule has 0 aliphatic heterocycles. The molecule has 5 heteroatoms. The van der Waals surface area contributed by atoms with Gasteiger partial charge in [-0.2, -0.15) is 0 Å². The third-order valence-corrected chi connectivity index (χ3v) is 3.20. The minimum Gasteiger partial charge on any atom is -0.383 e. The van der Waals surface area contributed by atoms with Crippen LogP contribution >= 0.6 is 11.6 Å². The average molecular weight is 280 g/mol. The monoisotopic (exact) mass is 279 g/mol. The molecule has 0 saturated heterocycles. The van der Waals surface area contributed by atoms with Gasteiger partial charge in [-0.3, -0.25) is 0 Å². The van der Waals surface area contributed by atoms with E-state index in [1.165, 1.54) is 6.07 Å². The zero-order chi connectivity index (χ0) is 14.2. The fourth-order valence-corrected chi connectivity index (χ4v) is 1.92. The van der Waals surface area contributed by atoms with Crippen LogP contribution in [0.25, 0.3) is 11.3 Å². The summed E-state index contributed by atoms with van der Waals surface area (Å²) >= 11 is 5.81. The van der Waals surface area contributed by atoms with Gasteiger partial charge in [-0.25, -0.2) is 14.4 Å². The van der Waals surface area contributed by atoms with Crippen molar-refractivity contribution in [3.05, 3.63) is 40.4 Å². The first-order valence-electron chi connectivity index (χ1n) is 5.99. The van der Waals surface area contributed by atoms with E-state index in [1.807, 2.05) is 20.8 Å². The predicted molar refractivity (Wildman–Crippen MR) is 75.7 cm³/mol. The molecular weight excluding hydrogens is 265 g/mol. The van der Waals surface area contributed by atoms with Crippen LogP contribution in [0.2, 0.25) is 5.02 Å². The highest BCUT2D eigenvalue weighted by Crippen LogP contribution is 2.29. The standard InChI is InChI=1S/C14H15ClFN3/c1-7(2)14-18-12(8(3)13(17)19-14)9-4-5-11(16)10(15)6-9/h4-7H,1-3H3,(H2,17,18,19). The Kier molecular flexibility index (Phi) is 3.71. The van der Waals surface area contributed by atoms with Gasteiger partial charge in [0.1, 0.15) is 17.5 Å². The lowest BCUT2D eigenvalue weighted by molar-refractivity contribution is 0.628. The molecule has 19 heavy (non-hydrogen) atoms. The lowest BCUT2D eigenvalue weighted by Crippen LogP contribution is -2.06. The van der Waals surface area contributed by atoms with E-state index in [0.29, 0.717) is 17.3 Å². The van der Waals surface area contributed by atoms with Gasteiger partial charge in [0.2, 0.25) is 0 Å². The van der Waals surface area contributed by atoms with Crippen molar-refractivity contribution >= 4 is 17.4 Å². The van der Waals surface area contributed by atoms with Gasteiger partial charge >= 0.3 is 0 Å². The van der Waals surface area contributed by atoms with Crippen LogP contribution in [0.3, 0.4) is 0 Å². The molecule has 0 bridgehead atoms. The van der Waals surface area contributed by atoms with Crippen molar-refractivity contribution in [2.24, 2.45) is 0 Å². The molecule has 0 radical (unpaired) electrons. The molecular formula is C14H15ClFN3. The van der Waals surface area contributed by atoms with Gasteiger partial charge in [0.15, 0.2) is 0 Å². The normalized spacial score (nSPS) is 11.1. The molecule has 0 amide bonds. The minimum absolute atomic E-state index is 0.0696. The van der Waals surface area contributed by atoms with E-state index in [2.05, 4.69) is 9.97 Å². The lowest BCUT2D eigenvalue weighted by atomic mass is 10.1. The number of nitrogens with zero attached hydrogens (tertiary/aromatic N) is 2. The smallest absolute Gasteiger partial charge is 0.141 e. The first-order valence-corrected chi connectivity index (χ1v) is 6.37. The van der Waals surface area contributed by atoms with E-state index in [1.54, 1.807) is 12.1 Å². The Hall–Kier alpha value is -1.68. The van der Waals surface area contributed by atoms with E-state index < -0.39 is 5.82 Å². The highest BCUT2D eigenvalue weighted by Gasteiger charge is 2.13. The van der Waals surface area contributed by atoms with Crippen LogP contribution in [0.5, 0.6) is 0 Å². The topological polar surface area (TPSA) is 51.8 Å². The van der Waals surface area contributed by atoms with Crippen molar-refractivity contribution in [1.82, 2.24) is 9.97 Å². The summed E-state index contributed by atoms with van der Waals surface area (Å²) in [5.74, 6) is 0.819. The largest absolute Gasteiger partial charge is 0.383 e. The van der Waals surface area contributed by atoms with Crippen molar-refractivity contribution in [3.63, 3.8) is 0 Å². The SMILES string of the molecule is Cc1c(N)nc(C(C)C)nc1-c1ccc(F)c(Cl)c1. The molecule has 0 spiro atoms. The molecule has 100 valence electrons. The molecule has 0 aliphatic carbocycles. The molecule has 2 aromatic rings. The van der Waals surface area contributed by atoms with E-state index >= 15 is 0 Å². The number of halogens is 2. The van der Waals surface area contributed by atoms with Crippen LogP contribution in [0, 0.1) is 12.7 Å². The molecule has 2 N–H and O–H groups in total. The van der Waals surface area contributed by atoms with Crippen LogP contribution in [-0.4, -0.2) is 9.97 Å². The molecule has 1 aromatic heterocycles. The van der Waals surface area contributed by atoms with Crippen molar-refractivity contribution in [1.29, 1.82) is 0 Å². The molecule has 1 aromatic carbocycles. The molecule has 1 heterocycles. The van der Waals surface area contributed by atoms with E-state index in [0.717, 1.165) is 11.1 Å². The van der Waals surface area contributed by atoms with Crippen molar-refractivity contribution in [2.75, 3.05) is 5.73 Å². The van der Waals surface area contributed by atoms with Crippen LogP contribution in [-0.2, 0) is 0 Å². The van der Waals surface area contributed by atoms with Crippen LogP contribution in [0.4, 0.5) is 10.2 Å². The van der Waals surface area contributed by atoms with Crippen molar-refractivity contribution in [3.8, 4) is 11.3 Å². The maximum absolute atomic E-state index is 13.2. The molecule has 3 nitrogen and oxygen atoms in total. The second-order valence-corrected chi connectivity index (χ2v) is 5.13. The Morgan fingerprint density at radius 2 is 1.95 bits per heavy atom. The Bertz CT molecular complexity index is 626. The highest BCUT2D eigenvalue weighted by molar-refractivity contribution is 6.31. The molecule has 0 unspecified atom stereocenters. The second kappa shape index (κ2) is 5.13. The molecule has 0 atom stereocenters. The van der Waals surface area contributed by atoms with Gasteiger partial charge in [-0.1, -0.05) is 25.4 Å². The molecule has 0 saturated carbocycles. The Labute approximate surface area is 116 Å². The minimum atomic E-state index is -0.450. The van der Waals surface area contributed by atoms with E-state index in [-0.39, 0.29) is 10.9 Å². The Morgan fingerprint density at radius 1 is 1.26 bits per heavy atom. The van der Waals surface area contributed by atoms with Gasteiger partial charge in [-0.15, -0.1) is 0 Å². The number of hydrogen-bond acceptors (Lipinski definition) is 3. The van der Waals surface area contributed by atoms with Gasteiger partial charge in [-0.05, 0) is 25.1 Å². The Morgan fingerprint density at radius 3 is 2.53 bits per heavy atom. The van der Waals surface area contributed by atoms with E-state index in [4.69, 9.17) is 17.3 Å². The number of hydrogen-bond donors (Lipinski definition) is 1. The van der Waals surface area contributed by atoms with Gasteiger partial charge in [0, 0.05) is 17.0 Å². The number of anilines is 1. The summed E-state index contributed by atoms with van der Waals surface area (Å²) in [6, 6.07) is 4.51. The quantitative estimate of drug-likeness (QED) is 0.905. The fraction of sp³-hybridized carbons (Fsp3) is 0.286. The fourth-order valence-electron chi connectivity index (χ4n) is 1.73. The van der Waals surface area contributed by atoms with Crippen LogP contribution in [0.15, 0.2) is 18.2 Å². The molecule has 0 aliphatic rings. The summed E-state index contributed by atoms with van der Waals surface area (Å²) < 4.78 is 13.2. The third-order valence-electron chi connectivity index (χ3n) is 2.91. The van der Waals surface area contributed by atoms with Crippen molar-refractivity contribution in [2.45, 2.75) is 26.7 Å². The highest BCUT2D eigenvalue weighted by atomic mass is 35.5. The summed E-state index contributed by atoms with van der Waals surface area (Å²) in [6.45, 7) is 5.82. The van der Waals surface area contributed by atoms with Crippen LogP contribution in [0.1, 0.15) is 31.2 Å². The first kappa shape index (κ1) is 13.7. The van der Waals surface area contributed by atoms with Crippen molar-refractivity contribution < 1.29 is 4.39 Å². The number of aromatic nitrogens is 2. The average Bonchev–Trinajstić information content (AvgIpc) is 2.35. The summed E-state index contributed by atoms with van der Waals surface area (Å²) in [4.78, 5) is 8.76. The van der Waals surface area contributed by atoms with Gasteiger partial charge in [0.25, 0.3) is 0 Å². The first-order chi connectivity index (χ1) is 8.90. The maximum Gasteiger partial charge on any atom is 0.141 e. The number of nitrogen functional groups attached to an aromatic ring is 1. The predicted octanol–water partition coefficient (Wildman–Crippen LogP) is 3.95. The number of nitrogens with two attached hydrogens (primary N) is 1. The summed E-state index contributed by atoms with van der Waals surface area (Å²) in [7, 11) is 0. The van der Waals surface area contributed by atoms with Gasteiger partial charge in [0.05, 0.1) is 10.7 Å². The molecule has 2 rings (SSSR count). The summed E-state index contributed by atoms with van der Waals surface area (Å²) in [5, 5.41) is 0.0696. The van der Waals surface area contributed by atoms with E-state index in [9.17, 15) is 4.39 Å². The lowest BCUT2D eigenvalue weighted by Gasteiger charge is -2.12. The summed E-state index contributed by atoms with van der Waals surface area (Å²) in [5.41, 5.74) is 8.11. The maximum atomic E-state index is 13.2. The third kappa shape index (κ3) is 2.68. The summed E-state index contributed by atoms with van der Waals surface area (Å²) in [6.07, 6.45) is 0.